The number of ether oxygens (including phenoxy) is 1. The molecule has 1 fully saturated rings. The van der Waals surface area contributed by atoms with Crippen LogP contribution in [0.1, 0.15) is 18.3 Å². The Bertz CT molecular complexity index is 935. The summed E-state index contributed by atoms with van der Waals surface area (Å²) in [6.07, 6.45) is -0.309. The highest BCUT2D eigenvalue weighted by Crippen LogP contribution is 2.48. The van der Waals surface area contributed by atoms with E-state index in [0.29, 0.717) is 16.9 Å². The number of nitrogens with zero attached hydrogens (tertiary/aromatic N) is 4. The minimum Gasteiger partial charge on any atom is -0.472 e. The van der Waals surface area contributed by atoms with Gasteiger partial charge in [0.2, 0.25) is 0 Å². The van der Waals surface area contributed by atoms with Crippen LogP contribution in [0.4, 0.5) is 4.79 Å². The number of imidazole rings is 1. The lowest BCUT2D eigenvalue weighted by Gasteiger charge is -2.17. The molecule has 3 N–H and O–H groups in total. The molecule has 13 nitrogen and oxygen atoms in total. The lowest BCUT2D eigenvalue weighted by molar-refractivity contribution is -0.0355. The molecule has 2 aromatic heterocycles. The zero-order valence-corrected chi connectivity index (χ0v) is 15.6. The average molecular weight is 421 g/mol. The number of aryl methyl sites for hydroxylation is 1. The molecule has 5 atom stereocenters. The van der Waals surface area contributed by atoms with Crippen molar-refractivity contribution in [3.8, 4) is 0 Å². The molecule has 2 aromatic rings. The molecule has 146 valence electrons. The molecule has 15 heteroatoms. The molecule has 3 rings (SSSR count). The number of carboxylic acid groups (broad SMARTS) is 1. The van der Waals surface area contributed by atoms with Gasteiger partial charge in [0.25, 0.3) is 0 Å². The summed E-state index contributed by atoms with van der Waals surface area (Å²) in [5, 5.41) is 8.80. The molecule has 3 heterocycles. The van der Waals surface area contributed by atoms with E-state index in [9.17, 15) is 18.8 Å². The topological polar surface area (TPSA) is 183 Å². The molecular formula is C12H15N4O9P2+. The maximum atomic E-state index is 11.7. The van der Waals surface area contributed by atoms with Gasteiger partial charge in [0.15, 0.2) is 5.65 Å². The van der Waals surface area contributed by atoms with E-state index < -0.39 is 46.6 Å². The van der Waals surface area contributed by atoms with Gasteiger partial charge < -0.3 is 14.7 Å². The van der Waals surface area contributed by atoms with Gasteiger partial charge in [-0.1, -0.05) is 0 Å². The lowest BCUT2D eigenvalue weighted by Crippen LogP contribution is -2.28. The molecule has 0 aromatic carbocycles. The third-order valence-corrected chi connectivity index (χ3v) is 5.31. The first-order valence-corrected chi connectivity index (χ1v) is 10.2. The van der Waals surface area contributed by atoms with E-state index in [4.69, 9.17) is 19.3 Å². The first-order valence-electron chi connectivity index (χ1n) is 7.52. The summed E-state index contributed by atoms with van der Waals surface area (Å²) in [5.74, 6) is 0. The van der Waals surface area contributed by atoms with Crippen LogP contribution in [0.3, 0.4) is 0 Å². The van der Waals surface area contributed by atoms with Crippen molar-refractivity contribution in [3.05, 3.63) is 18.3 Å². The van der Waals surface area contributed by atoms with Crippen molar-refractivity contribution in [1.82, 2.24) is 19.5 Å². The van der Waals surface area contributed by atoms with E-state index in [-0.39, 0.29) is 6.42 Å². The van der Waals surface area contributed by atoms with Gasteiger partial charge in [-0.25, -0.2) is 24.3 Å². The van der Waals surface area contributed by atoms with Crippen LogP contribution >= 0.6 is 15.9 Å². The largest absolute Gasteiger partial charge is 0.694 e. The molecule has 0 radical (unpaired) electrons. The predicted octanol–water partition coefficient (Wildman–Crippen LogP) is 1.34. The molecular weight excluding hydrogens is 406 g/mol. The van der Waals surface area contributed by atoms with Crippen LogP contribution in [0.25, 0.3) is 11.2 Å². The Morgan fingerprint density at radius 2 is 2.22 bits per heavy atom. The molecule has 0 aliphatic carbocycles. The van der Waals surface area contributed by atoms with Crippen LogP contribution in [-0.4, -0.2) is 58.9 Å². The first kappa shape index (κ1) is 19.9. The fraction of sp³-hybridized carbons (Fsp3) is 0.500. The van der Waals surface area contributed by atoms with Gasteiger partial charge in [-0.15, -0.1) is 9.42 Å². The summed E-state index contributed by atoms with van der Waals surface area (Å²) in [6.45, 7) is 1.29. The lowest BCUT2D eigenvalue weighted by atomic mass is 10.2. The van der Waals surface area contributed by atoms with Crippen LogP contribution in [0.2, 0.25) is 0 Å². The Morgan fingerprint density at radius 3 is 2.89 bits per heavy atom. The minimum absolute atomic E-state index is 0.0391. The second-order valence-electron chi connectivity index (χ2n) is 5.63. The van der Waals surface area contributed by atoms with Crippen LogP contribution in [0, 0.1) is 6.92 Å². The zero-order chi connectivity index (χ0) is 19.8. The normalized spacial score (nSPS) is 25.4. The van der Waals surface area contributed by atoms with Crippen LogP contribution < -0.4 is 0 Å². The molecule has 1 aliphatic rings. The first-order chi connectivity index (χ1) is 12.7. The highest BCUT2D eigenvalue weighted by Gasteiger charge is 2.45. The van der Waals surface area contributed by atoms with E-state index in [1.54, 1.807) is 6.92 Å². The fourth-order valence-electron chi connectivity index (χ4n) is 2.68. The van der Waals surface area contributed by atoms with Crippen molar-refractivity contribution in [2.75, 3.05) is 6.61 Å². The van der Waals surface area contributed by atoms with Crippen LogP contribution in [0.5, 0.6) is 0 Å². The van der Waals surface area contributed by atoms with E-state index in [0.717, 1.165) is 0 Å². The van der Waals surface area contributed by atoms with Crippen LogP contribution in [-0.2, 0) is 22.9 Å². The summed E-state index contributed by atoms with van der Waals surface area (Å²) < 4.78 is 39.1. The van der Waals surface area contributed by atoms with Gasteiger partial charge in [0.1, 0.15) is 36.9 Å². The zero-order valence-electron chi connectivity index (χ0n) is 13.8. The van der Waals surface area contributed by atoms with Crippen molar-refractivity contribution in [1.29, 1.82) is 0 Å². The Hall–Kier alpha value is -1.85. The van der Waals surface area contributed by atoms with Gasteiger partial charge in [-0.2, -0.15) is 0 Å². The molecule has 1 saturated heterocycles. The van der Waals surface area contributed by atoms with Gasteiger partial charge in [0, 0.05) is 11.0 Å². The van der Waals surface area contributed by atoms with Gasteiger partial charge in [0.05, 0.1) is 12.0 Å². The molecule has 0 amide bonds. The third kappa shape index (κ3) is 4.19. The van der Waals surface area contributed by atoms with Crippen molar-refractivity contribution < 1.29 is 42.6 Å². The maximum Gasteiger partial charge on any atom is 0.694 e. The van der Waals surface area contributed by atoms with Crippen molar-refractivity contribution >= 4 is 32.7 Å². The minimum atomic E-state index is -4.96. The van der Waals surface area contributed by atoms with E-state index >= 15 is 0 Å². The number of rotatable bonds is 7. The Kier molecular flexibility index (Phi) is 5.63. The number of hydrogen-bond donors (Lipinski definition) is 3. The Labute approximate surface area is 152 Å². The standard InChI is InChI=1S/C12H14N4O9P2/c1-6-10-11(14-4-13-6)16(5-15-10)9-2-7(25-27(21,22)12(17)18)8(24-9)3-23-26(19)20/h4-5,7-9H,2-3H2,1H3,(H2-,17,18,19,20,21,22)/p+1/t7?,8-,9-/m1/s1. The Morgan fingerprint density at radius 1 is 1.48 bits per heavy atom. The molecule has 1 aliphatic heterocycles. The maximum absolute atomic E-state index is 11.7. The quantitative estimate of drug-likeness (QED) is 0.546. The second kappa shape index (κ2) is 7.64. The number of aromatic nitrogens is 4. The number of carbonyl (C=O) groups is 1. The Balaban J connectivity index is 1.87. The van der Waals surface area contributed by atoms with Crippen molar-refractivity contribution in [2.24, 2.45) is 0 Å². The van der Waals surface area contributed by atoms with Crippen molar-refractivity contribution in [3.63, 3.8) is 0 Å². The van der Waals surface area contributed by atoms with Crippen molar-refractivity contribution in [2.45, 2.75) is 31.8 Å². The predicted molar refractivity (Wildman–Crippen MR) is 87.1 cm³/mol. The SMILES string of the molecule is Cc1ncnc2c1ncn2[C@H]1CC(OP(=O)(O)C(=O)O)[C@@H](CO[P+](=O)O)O1. The van der Waals surface area contributed by atoms with Gasteiger partial charge in [-0.3, -0.25) is 9.09 Å². The average Bonchev–Trinajstić information content (AvgIpc) is 3.17. The molecule has 3 unspecified atom stereocenters. The van der Waals surface area contributed by atoms with Gasteiger partial charge >= 0.3 is 21.6 Å². The highest BCUT2D eigenvalue weighted by atomic mass is 31.2. The second-order valence-corrected chi connectivity index (χ2v) is 8.00. The number of fused-ring (bicyclic) bond motifs is 1. The van der Waals surface area contributed by atoms with E-state index in [2.05, 4.69) is 19.5 Å². The van der Waals surface area contributed by atoms with E-state index in [1.807, 2.05) is 0 Å². The smallest absolute Gasteiger partial charge is 0.472 e. The molecule has 0 spiro atoms. The summed E-state index contributed by atoms with van der Waals surface area (Å²) in [6, 6.07) is 0. The summed E-state index contributed by atoms with van der Waals surface area (Å²) in [7, 11) is -7.91. The highest BCUT2D eigenvalue weighted by molar-refractivity contribution is 7.70. The monoisotopic (exact) mass is 421 g/mol. The third-order valence-electron chi connectivity index (χ3n) is 3.90. The summed E-state index contributed by atoms with van der Waals surface area (Å²) in [4.78, 5) is 41.5. The summed E-state index contributed by atoms with van der Waals surface area (Å²) >= 11 is 0. The summed E-state index contributed by atoms with van der Waals surface area (Å²) in [5.41, 5.74) is -0.427. The van der Waals surface area contributed by atoms with Gasteiger partial charge in [-0.05, 0) is 6.92 Å². The fourth-order valence-corrected chi connectivity index (χ4v) is 3.63. The molecule has 27 heavy (non-hydrogen) atoms. The number of hydrogen-bond acceptors (Lipinski definition) is 9. The van der Waals surface area contributed by atoms with Crippen LogP contribution in [0.15, 0.2) is 12.7 Å². The van der Waals surface area contributed by atoms with E-state index in [1.165, 1.54) is 17.2 Å². The molecule has 0 saturated carbocycles. The molecule has 0 bridgehead atoms.